The van der Waals surface area contributed by atoms with Crippen molar-refractivity contribution in [3.05, 3.63) is 64.3 Å². The molecule has 168 valence electrons. The number of hydrogen-bond donors (Lipinski definition) is 1. The van der Waals surface area contributed by atoms with Gasteiger partial charge in [-0.15, -0.1) is 0 Å². The Balaban J connectivity index is 1.45. The Morgan fingerprint density at radius 3 is 2.72 bits per heavy atom. The highest BCUT2D eigenvalue weighted by atomic mass is 79.9. The molecule has 1 saturated heterocycles. The predicted molar refractivity (Wildman–Crippen MR) is 120 cm³/mol. The molecule has 10 heteroatoms. The molecule has 0 bridgehead atoms. The Kier molecular flexibility index (Phi) is 6.91. The van der Waals surface area contributed by atoms with E-state index in [0.29, 0.717) is 55.7 Å². The van der Waals surface area contributed by atoms with Crippen molar-refractivity contribution in [2.75, 3.05) is 31.6 Å². The first-order valence-electron chi connectivity index (χ1n) is 10.3. The number of hydrogen-bond acceptors (Lipinski definition) is 6. The number of para-hydroxylation sites is 1. The van der Waals surface area contributed by atoms with Crippen LogP contribution in [0.3, 0.4) is 0 Å². The zero-order valence-electron chi connectivity index (χ0n) is 17.5. The van der Waals surface area contributed by atoms with Gasteiger partial charge < -0.3 is 24.1 Å². The third-order valence-electron chi connectivity index (χ3n) is 4.98. The van der Waals surface area contributed by atoms with Crippen molar-refractivity contribution in [1.29, 1.82) is 0 Å². The van der Waals surface area contributed by atoms with E-state index in [1.807, 2.05) is 31.2 Å². The summed E-state index contributed by atoms with van der Waals surface area (Å²) in [5.41, 5.74) is 0.683. The summed E-state index contributed by atoms with van der Waals surface area (Å²) in [5.74, 6) is 0.631. The molecule has 0 atom stereocenters. The van der Waals surface area contributed by atoms with Crippen LogP contribution in [0, 0.1) is 0 Å². The number of furan rings is 1. The summed E-state index contributed by atoms with van der Waals surface area (Å²) in [7, 11) is 0. The van der Waals surface area contributed by atoms with E-state index in [2.05, 4.69) is 26.3 Å². The number of ether oxygens (including phenoxy) is 2. The largest absolute Gasteiger partial charge is 0.484 e. The molecule has 0 aliphatic carbocycles. The van der Waals surface area contributed by atoms with Gasteiger partial charge >= 0.3 is 0 Å². The lowest BCUT2D eigenvalue weighted by molar-refractivity contribution is 0.0295. The second-order valence-electron chi connectivity index (χ2n) is 7.07. The average Bonchev–Trinajstić information content (AvgIpc) is 3.45. The minimum absolute atomic E-state index is 0.116. The molecule has 0 unspecified atom stereocenters. The van der Waals surface area contributed by atoms with Crippen molar-refractivity contribution in [1.82, 2.24) is 14.7 Å². The number of aryl methyl sites for hydroxylation is 1. The molecule has 9 nitrogen and oxygen atoms in total. The maximum atomic E-state index is 13.0. The van der Waals surface area contributed by atoms with Gasteiger partial charge in [0.15, 0.2) is 5.76 Å². The third-order valence-corrected chi connectivity index (χ3v) is 5.64. The standard InChI is InChI=1S/C22H23BrN4O5/c1-2-27-20(22(29)26-9-11-30-12-10-26)17(13-24-27)25-21(28)19-8-7-15(32-19)14-31-18-6-4-3-5-16(18)23/h3-8,13H,2,9-12,14H2,1H3,(H,25,28). The van der Waals surface area contributed by atoms with Crippen molar-refractivity contribution < 1.29 is 23.5 Å². The normalized spacial score (nSPS) is 13.8. The van der Waals surface area contributed by atoms with Gasteiger partial charge in [0.1, 0.15) is 23.8 Å². The molecule has 4 rings (SSSR count). The maximum absolute atomic E-state index is 13.0. The molecular formula is C22H23BrN4O5. The van der Waals surface area contributed by atoms with E-state index in [0.717, 1.165) is 4.47 Å². The number of aromatic nitrogens is 2. The Labute approximate surface area is 193 Å². The molecule has 1 fully saturated rings. The maximum Gasteiger partial charge on any atom is 0.291 e. The average molecular weight is 503 g/mol. The second-order valence-corrected chi connectivity index (χ2v) is 7.92. The quantitative estimate of drug-likeness (QED) is 0.530. The van der Waals surface area contributed by atoms with E-state index >= 15 is 0 Å². The van der Waals surface area contributed by atoms with Crippen molar-refractivity contribution in [3.8, 4) is 5.75 Å². The van der Waals surface area contributed by atoms with Gasteiger partial charge in [0, 0.05) is 19.6 Å². The number of carbonyl (C=O) groups is 2. The van der Waals surface area contributed by atoms with Crippen LogP contribution in [0.15, 0.2) is 51.5 Å². The number of halogens is 1. The van der Waals surface area contributed by atoms with E-state index in [1.165, 1.54) is 6.20 Å². The highest BCUT2D eigenvalue weighted by Crippen LogP contribution is 2.25. The van der Waals surface area contributed by atoms with Gasteiger partial charge in [-0.3, -0.25) is 14.3 Å². The Morgan fingerprint density at radius 1 is 1.19 bits per heavy atom. The fraction of sp³-hybridized carbons (Fsp3) is 0.318. The van der Waals surface area contributed by atoms with Gasteiger partial charge in [0.25, 0.3) is 11.8 Å². The van der Waals surface area contributed by atoms with E-state index in [-0.39, 0.29) is 18.3 Å². The number of rotatable bonds is 7. The van der Waals surface area contributed by atoms with Crippen LogP contribution in [0.25, 0.3) is 0 Å². The molecule has 0 spiro atoms. The highest BCUT2D eigenvalue weighted by Gasteiger charge is 2.26. The number of benzene rings is 1. The van der Waals surface area contributed by atoms with E-state index in [1.54, 1.807) is 21.7 Å². The summed E-state index contributed by atoms with van der Waals surface area (Å²) >= 11 is 3.42. The van der Waals surface area contributed by atoms with Gasteiger partial charge in [0.05, 0.1) is 29.6 Å². The molecule has 1 aliphatic heterocycles. The van der Waals surface area contributed by atoms with Crippen LogP contribution >= 0.6 is 15.9 Å². The summed E-state index contributed by atoms with van der Waals surface area (Å²) in [6.07, 6.45) is 1.48. The van der Waals surface area contributed by atoms with Crippen LogP contribution in [0.1, 0.15) is 33.7 Å². The lowest BCUT2D eigenvalue weighted by atomic mass is 10.2. The summed E-state index contributed by atoms with van der Waals surface area (Å²) in [6, 6.07) is 10.7. The van der Waals surface area contributed by atoms with Crippen LogP contribution in [-0.2, 0) is 17.9 Å². The van der Waals surface area contributed by atoms with Crippen LogP contribution in [0.5, 0.6) is 5.75 Å². The summed E-state index contributed by atoms with van der Waals surface area (Å²) < 4.78 is 19.1. The minimum atomic E-state index is -0.469. The van der Waals surface area contributed by atoms with E-state index in [9.17, 15) is 9.59 Å². The van der Waals surface area contributed by atoms with Crippen molar-refractivity contribution in [2.45, 2.75) is 20.1 Å². The first kappa shape index (κ1) is 22.1. The zero-order valence-corrected chi connectivity index (χ0v) is 19.1. The fourth-order valence-corrected chi connectivity index (χ4v) is 3.73. The molecule has 2 aromatic heterocycles. The van der Waals surface area contributed by atoms with Crippen LogP contribution in [0.2, 0.25) is 0 Å². The van der Waals surface area contributed by atoms with Crippen molar-refractivity contribution in [2.24, 2.45) is 0 Å². The summed E-state index contributed by atoms with van der Waals surface area (Å²) in [4.78, 5) is 27.5. The molecule has 0 saturated carbocycles. The third kappa shape index (κ3) is 4.86. The molecule has 0 radical (unpaired) electrons. The zero-order chi connectivity index (χ0) is 22.5. The monoisotopic (exact) mass is 502 g/mol. The molecular weight excluding hydrogens is 480 g/mol. The lowest BCUT2D eigenvalue weighted by Gasteiger charge is -2.27. The molecule has 1 N–H and O–H groups in total. The predicted octanol–water partition coefficient (Wildman–Crippen LogP) is 3.56. The summed E-state index contributed by atoms with van der Waals surface area (Å²) in [5, 5.41) is 7.00. The number of morpholine rings is 1. The van der Waals surface area contributed by atoms with Gasteiger partial charge in [-0.2, -0.15) is 5.10 Å². The van der Waals surface area contributed by atoms with Gasteiger partial charge in [-0.25, -0.2) is 0 Å². The highest BCUT2D eigenvalue weighted by molar-refractivity contribution is 9.10. The molecule has 3 heterocycles. The van der Waals surface area contributed by atoms with Crippen LogP contribution < -0.4 is 10.1 Å². The van der Waals surface area contributed by atoms with Crippen LogP contribution in [0.4, 0.5) is 5.69 Å². The van der Waals surface area contributed by atoms with Gasteiger partial charge in [-0.05, 0) is 47.1 Å². The van der Waals surface area contributed by atoms with Crippen LogP contribution in [-0.4, -0.2) is 52.8 Å². The molecule has 2 amide bonds. The fourth-order valence-electron chi connectivity index (χ4n) is 3.33. The molecule has 32 heavy (non-hydrogen) atoms. The minimum Gasteiger partial charge on any atom is -0.484 e. The Morgan fingerprint density at radius 2 is 1.97 bits per heavy atom. The SMILES string of the molecule is CCn1ncc(NC(=O)c2ccc(COc3ccccc3Br)o2)c1C(=O)N1CCOCC1. The molecule has 1 aromatic carbocycles. The molecule has 3 aromatic rings. The van der Waals surface area contributed by atoms with Gasteiger partial charge in [-0.1, -0.05) is 12.1 Å². The summed E-state index contributed by atoms with van der Waals surface area (Å²) in [6.45, 7) is 4.54. The number of nitrogens with one attached hydrogen (secondary N) is 1. The topological polar surface area (TPSA) is 98.8 Å². The number of anilines is 1. The first-order valence-corrected chi connectivity index (χ1v) is 11.1. The lowest BCUT2D eigenvalue weighted by Crippen LogP contribution is -2.41. The smallest absolute Gasteiger partial charge is 0.291 e. The number of nitrogens with zero attached hydrogens (tertiary/aromatic N) is 3. The van der Waals surface area contributed by atoms with Gasteiger partial charge in [0.2, 0.25) is 0 Å². The molecule has 1 aliphatic rings. The number of amides is 2. The second kappa shape index (κ2) is 10.0. The van der Waals surface area contributed by atoms with Crippen molar-refractivity contribution in [3.63, 3.8) is 0 Å². The van der Waals surface area contributed by atoms with E-state index in [4.69, 9.17) is 13.9 Å². The Hall–Kier alpha value is -3.11. The van der Waals surface area contributed by atoms with E-state index < -0.39 is 5.91 Å². The Bertz CT molecular complexity index is 1100. The van der Waals surface area contributed by atoms with Crippen molar-refractivity contribution >= 4 is 33.4 Å². The first-order chi connectivity index (χ1) is 15.6. The number of carbonyl (C=O) groups excluding carboxylic acids is 2.